The summed E-state index contributed by atoms with van der Waals surface area (Å²) in [6, 6.07) is 3.94. The molecule has 0 bridgehead atoms. The van der Waals surface area contributed by atoms with Gasteiger partial charge in [0.15, 0.2) is 5.69 Å². The lowest BCUT2D eigenvalue weighted by Gasteiger charge is -2.16. The van der Waals surface area contributed by atoms with Gasteiger partial charge >= 0.3 is 18.7 Å². The lowest BCUT2D eigenvalue weighted by Crippen LogP contribution is -2.18. The molecule has 1 heterocycles. The van der Waals surface area contributed by atoms with Crippen molar-refractivity contribution < 1.29 is 44.3 Å². The molecule has 25 heavy (non-hydrogen) atoms. The number of hydrogen-bond acceptors (Lipinski definition) is 2. The molecule has 0 saturated heterocycles. The normalized spacial score (nSPS) is 13.0. The number of aromatic nitrogens is 1. The van der Waals surface area contributed by atoms with Crippen LogP contribution in [0.5, 0.6) is 5.75 Å². The average molecular weight is 375 g/mol. The molecule has 1 aromatic heterocycles. The van der Waals surface area contributed by atoms with Gasteiger partial charge < -0.3 is 4.74 Å². The Labute approximate surface area is 133 Å². The number of ether oxygens (including phenoxy) is 1. The second-order valence-electron chi connectivity index (χ2n) is 4.69. The standard InChI is InChI=1S/C14H6F9NO/c15-12(16,17)10-5-8(6-24-11(10)13(18,19)20)7-2-1-3-9(4-7)25-14(21,22)23/h1-6H. The third-order valence-electron chi connectivity index (χ3n) is 2.86. The molecule has 0 aliphatic rings. The molecule has 136 valence electrons. The Morgan fingerprint density at radius 2 is 1.40 bits per heavy atom. The molecule has 2 rings (SSSR count). The van der Waals surface area contributed by atoms with E-state index in [2.05, 4.69) is 9.72 Å². The van der Waals surface area contributed by atoms with Gasteiger partial charge in [-0.2, -0.15) is 26.3 Å². The van der Waals surface area contributed by atoms with E-state index in [9.17, 15) is 39.5 Å². The third-order valence-corrected chi connectivity index (χ3v) is 2.86. The molecule has 0 N–H and O–H groups in total. The Hall–Kier alpha value is -2.46. The zero-order valence-corrected chi connectivity index (χ0v) is 11.7. The van der Waals surface area contributed by atoms with E-state index in [1.807, 2.05) is 0 Å². The lowest BCUT2D eigenvalue weighted by atomic mass is 10.0. The van der Waals surface area contributed by atoms with Crippen molar-refractivity contribution in [2.75, 3.05) is 0 Å². The third kappa shape index (κ3) is 4.77. The van der Waals surface area contributed by atoms with Gasteiger partial charge in [-0.3, -0.25) is 4.98 Å². The second kappa shape index (κ2) is 6.12. The SMILES string of the molecule is FC(F)(F)Oc1cccc(-c2cnc(C(F)(F)F)c(C(F)(F)F)c2)c1. The van der Waals surface area contributed by atoms with E-state index in [0.717, 1.165) is 24.3 Å². The summed E-state index contributed by atoms with van der Waals surface area (Å²) >= 11 is 0. The number of hydrogen-bond donors (Lipinski definition) is 0. The number of alkyl halides is 9. The van der Waals surface area contributed by atoms with Gasteiger partial charge in [0, 0.05) is 11.8 Å². The fourth-order valence-electron chi connectivity index (χ4n) is 1.94. The van der Waals surface area contributed by atoms with Crippen LogP contribution in [-0.2, 0) is 12.4 Å². The maximum atomic E-state index is 12.9. The minimum atomic E-state index is -5.35. The van der Waals surface area contributed by atoms with E-state index in [4.69, 9.17) is 0 Å². The van der Waals surface area contributed by atoms with Gasteiger partial charge in [0.2, 0.25) is 0 Å². The summed E-state index contributed by atoms with van der Waals surface area (Å²) in [5, 5.41) is 0. The fraction of sp³-hybridized carbons (Fsp3) is 0.214. The lowest BCUT2D eigenvalue weighted by molar-refractivity contribution is -0.274. The summed E-state index contributed by atoms with van der Waals surface area (Å²) in [5.74, 6) is -0.738. The van der Waals surface area contributed by atoms with Gasteiger partial charge in [-0.05, 0) is 23.8 Å². The van der Waals surface area contributed by atoms with Crippen molar-refractivity contribution in [1.82, 2.24) is 4.98 Å². The number of rotatable bonds is 2. The molecule has 0 aliphatic heterocycles. The Morgan fingerprint density at radius 3 is 1.92 bits per heavy atom. The van der Waals surface area contributed by atoms with E-state index in [-0.39, 0.29) is 11.6 Å². The minimum Gasteiger partial charge on any atom is -0.406 e. The highest BCUT2D eigenvalue weighted by Gasteiger charge is 2.44. The van der Waals surface area contributed by atoms with Gasteiger partial charge in [-0.25, -0.2) is 0 Å². The molecule has 11 heteroatoms. The molecule has 2 aromatic rings. The number of benzene rings is 1. The van der Waals surface area contributed by atoms with E-state index in [1.165, 1.54) is 0 Å². The molecule has 0 saturated carbocycles. The molecular formula is C14H6F9NO. The first kappa shape index (κ1) is 18.9. The molecule has 0 amide bonds. The first-order valence-corrected chi connectivity index (χ1v) is 6.28. The van der Waals surface area contributed by atoms with Crippen molar-refractivity contribution >= 4 is 0 Å². The molecule has 2 nitrogen and oxygen atoms in total. The van der Waals surface area contributed by atoms with Crippen molar-refractivity contribution in [3.05, 3.63) is 47.8 Å². The fourth-order valence-corrected chi connectivity index (χ4v) is 1.94. The van der Waals surface area contributed by atoms with Crippen LogP contribution in [0.3, 0.4) is 0 Å². The van der Waals surface area contributed by atoms with Gasteiger partial charge in [0.25, 0.3) is 0 Å². The van der Waals surface area contributed by atoms with E-state index < -0.39 is 41.3 Å². The number of pyridine rings is 1. The topological polar surface area (TPSA) is 22.1 Å². The molecule has 0 atom stereocenters. The molecule has 0 spiro atoms. The number of nitrogens with zero attached hydrogens (tertiary/aromatic N) is 1. The van der Waals surface area contributed by atoms with Crippen LogP contribution >= 0.6 is 0 Å². The van der Waals surface area contributed by atoms with Crippen LogP contribution in [-0.4, -0.2) is 11.3 Å². The van der Waals surface area contributed by atoms with Crippen molar-refractivity contribution in [3.63, 3.8) is 0 Å². The van der Waals surface area contributed by atoms with Crippen LogP contribution in [0.15, 0.2) is 36.5 Å². The average Bonchev–Trinajstić information content (AvgIpc) is 2.43. The Balaban J connectivity index is 2.53. The highest BCUT2D eigenvalue weighted by atomic mass is 19.4. The quantitative estimate of drug-likeness (QED) is 0.630. The van der Waals surface area contributed by atoms with Crippen molar-refractivity contribution in [1.29, 1.82) is 0 Å². The summed E-state index contributed by atoms with van der Waals surface area (Å²) in [5.41, 5.74) is -4.85. The first-order valence-electron chi connectivity index (χ1n) is 6.28. The largest absolute Gasteiger partial charge is 0.573 e. The van der Waals surface area contributed by atoms with E-state index >= 15 is 0 Å². The molecule has 0 fully saturated rings. The van der Waals surface area contributed by atoms with Gasteiger partial charge in [0.1, 0.15) is 5.75 Å². The summed E-state index contributed by atoms with van der Waals surface area (Å²) in [6.45, 7) is 0. The zero-order valence-electron chi connectivity index (χ0n) is 11.7. The summed E-state index contributed by atoms with van der Waals surface area (Å²) < 4.78 is 117. The number of halogens is 9. The van der Waals surface area contributed by atoms with Gasteiger partial charge in [-0.15, -0.1) is 13.2 Å². The molecule has 0 unspecified atom stereocenters. The zero-order chi connectivity index (χ0) is 19.0. The monoisotopic (exact) mass is 375 g/mol. The highest BCUT2D eigenvalue weighted by Crippen LogP contribution is 2.41. The van der Waals surface area contributed by atoms with Crippen molar-refractivity contribution in [2.24, 2.45) is 0 Å². The van der Waals surface area contributed by atoms with Crippen molar-refractivity contribution in [3.8, 4) is 16.9 Å². The van der Waals surface area contributed by atoms with Crippen LogP contribution in [0.25, 0.3) is 11.1 Å². The summed E-state index contributed by atoms with van der Waals surface area (Å²) in [6.07, 6.45) is -15.2. The van der Waals surface area contributed by atoms with Gasteiger partial charge in [-0.1, -0.05) is 12.1 Å². The van der Waals surface area contributed by atoms with Crippen LogP contribution in [0.2, 0.25) is 0 Å². The minimum absolute atomic E-state index is 0.169. The molecule has 1 aromatic carbocycles. The van der Waals surface area contributed by atoms with Crippen LogP contribution in [0.1, 0.15) is 11.3 Å². The maximum Gasteiger partial charge on any atom is 0.573 e. The van der Waals surface area contributed by atoms with Crippen LogP contribution < -0.4 is 4.74 Å². The maximum absolute atomic E-state index is 12.9. The van der Waals surface area contributed by atoms with Crippen LogP contribution in [0, 0.1) is 0 Å². The smallest absolute Gasteiger partial charge is 0.406 e. The van der Waals surface area contributed by atoms with Gasteiger partial charge in [0.05, 0.1) is 5.56 Å². The molecule has 0 radical (unpaired) electrons. The summed E-state index contributed by atoms with van der Waals surface area (Å²) in [7, 11) is 0. The Kier molecular flexibility index (Phi) is 4.62. The van der Waals surface area contributed by atoms with Crippen LogP contribution in [0.4, 0.5) is 39.5 Å². The predicted octanol–water partition coefficient (Wildman–Crippen LogP) is 5.68. The van der Waals surface area contributed by atoms with E-state index in [0.29, 0.717) is 6.20 Å². The Bertz CT molecular complexity index is 762. The van der Waals surface area contributed by atoms with E-state index in [1.54, 1.807) is 0 Å². The molecular weight excluding hydrogens is 369 g/mol. The second-order valence-corrected chi connectivity index (χ2v) is 4.69. The van der Waals surface area contributed by atoms with Crippen molar-refractivity contribution in [2.45, 2.75) is 18.7 Å². The Morgan fingerprint density at radius 1 is 0.760 bits per heavy atom. The highest BCUT2D eigenvalue weighted by molar-refractivity contribution is 5.65. The predicted molar refractivity (Wildman–Crippen MR) is 66.4 cm³/mol. The molecule has 0 aliphatic carbocycles. The summed E-state index contributed by atoms with van der Waals surface area (Å²) in [4.78, 5) is 2.79. The first-order chi connectivity index (χ1) is 11.3.